The summed E-state index contributed by atoms with van der Waals surface area (Å²) in [5.74, 6) is -0.336. The number of piperidine rings is 1. The lowest BCUT2D eigenvalue weighted by atomic mass is 9.95. The summed E-state index contributed by atoms with van der Waals surface area (Å²) >= 11 is 0. The first-order valence-corrected chi connectivity index (χ1v) is 10.4. The summed E-state index contributed by atoms with van der Waals surface area (Å²) in [6, 6.07) is 6.78. The van der Waals surface area contributed by atoms with Gasteiger partial charge in [-0.3, -0.25) is 13.9 Å². The van der Waals surface area contributed by atoms with E-state index >= 15 is 0 Å². The first-order valence-electron chi connectivity index (χ1n) is 9.00. The minimum Gasteiger partial charge on any atom is -0.339 e. The first-order chi connectivity index (χ1) is 12.9. The van der Waals surface area contributed by atoms with Crippen LogP contribution in [0.3, 0.4) is 0 Å². The van der Waals surface area contributed by atoms with Gasteiger partial charge in [0.2, 0.25) is 11.8 Å². The molecule has 2 saturated heterocycles. The van der Waals surface area contributed by atoms with Crippen molar-refractivity contribution in [2.75, 3.05) is 35.8 Å². The maximum Gasteiger partial charge on any atom is 0.301 e. The Morgan fingerprint density at radius 1 is 1.15 bits per heavy atom. The summed E-state index contributed by atoms with van der Waals surface area (Å²) in [5, 5.41) is 2.87. The van der Waals surface area contributed by atoms with Crippen LogP contribution in [-0.4, -0.2) is 51.3 Å². The number of hydrogen-bond acceptors (Lipinski definition) is 4. The maximum absolute atomic E-state index is 12.5. The van der Waals surface area contributed by atoms with Gasteiger partial charge in [-0.25, -0.2) is 0 Å². The van der Waals surface area contributed by atoms with E-state index in [2.05, 4.69) is 16.6 Å². The normalized spacial score (nSPS) is 20.1. The zero-order valence-corrected chi connectivity index (χ0v) is 15.9. The van der Waals surface area contributed by atoms with Crippen molar-refractivity contribution in [3.63, 3.8) is 0 Å². The highest BCUT2D eigenvalue weighted by molar-refractivity contribution is 7.90. The molecular formula is C18H24N4O4S. The van der Waals surface area contributed by atoms with Crippen LogP contribution in [0.1, 0.15) is 19.3 Å². The minimum atomic E-state index is -3.49. The largest absolute Gasteiger partial charge is 0.339 e. The van der Waals surface area contributed by atoms with E-state index in [1.54, 1.807) is 29.2 Å². The Labute approximate surface area is 159 Å². The number of amides is 2. The summed E-state index contributed by atoms with van der Waals surface area (Å²) in [7, 11) is -3.49. The lowest BCUT2D eigenvalue weighted by molar-refractivity contribution is -0.130. The van der Waals surface area contributed by atoms with Crippen LogP contribution in [0.5, 0.6) is 0 Å². The van der Waals surface area contributed by atoms with Gasteiger partial charge in [0.05, 0.1) is 5.69 Å². The molecule has 0 bridgehead atoms. The third kappa shape index (κ3) is 4.48. The van der Waals surface area contributed by atoms with Gasteiger partial charge in [0.15, 0.2) is 0 Å². The topological polar surface area (TPSA) is 98.8 Å². The van der Waals surface area contributed by atoms with Crippen LogP contribution < -0.4 is 14.3 Å². The van der Waals surface area contributed by atoms with Crippen LogP contribution >= 0.6 is 0 Å². The fourth-order valence-corrected chi connectivity index (χ4v) is 4.66. The summed E-state index contributed by atoms with van der Waals surface area (Å²) in [5.41, 5.74) is 1.19. The molecular weight excluding hydrogens is 368 g/mol. The summed E-state index contributed by atoms with van der Waals surface area (Å²) in [6.07, 6.45) is 3.26. The predicted molar refractivity (Wildman–Crippen MR) is 103 cm³/mol. The molecule has 0 aromatic heterocycles. The molecule has 2 aliphatic heterocycles. The van der Waals surface area contributed by atoms with E-state index in [4.69, 9.17) is 0 Å². The molecule has 2 fully saturated rings. The smallest absolute Gasteiger partial charge is 0.301 e. The predicted octanol–water partition coefficient (Wildman–Crippen LogP) is 1.09. The standard InChI is InChI=1S/C18H24N4O4S/c1-2-17(23)21-12-8-14(9-13-21)18(24)20-15-4-6-16(7-5-15)22-11-3-10-19-27(22,25)26/h2,4-7,14,19H,1,3,8-13H2,(H,20,24). The summed E-state index contributed by atoms with van der Waals surface area (Å²) in [6.45, 7) is 5.45. The number of rotatable bonds is 4. The van der Waals surface area contributed by atoms with E-state index in [1.165, 1.54) is 10.4 Å². The molecule has 8 nitrogen and oxygen atoms in total. The zero-order chi connectivity index (χ0) is 19.4. The zero-order valence-electron chi connectivity index (χ0n) is 15.1. The van der Waals surface area contributed by atoms with Crippen LogP contribution in [0.25, 0.3) is 0 Å². The van der Waals surface area contributed by atoms with Crippen LogP contribution in [0.4, 0.5) is 11.4 Å². The average Bonchev–Trinajstić information content (AvgIpc) is 2.68. The van der Waals surface area contributed by atoms with Gasteiger partial charge in [-0.1, -0.05) is 6.58 Å². The monoisotopic (exact) mass is 392 g/mol. The van der Waals surface area contributed by atoms with Crippen molar-refractivity contribution in [2.45, 2.75) is 19.3 Å². The van der Waals surface area contributed by atoms with E-state index < -0.39 is 10.2 Å². The van der Waals surface area contributed by atoms with Crippen molar-refractivity contribution in [1.82, 2.24) is 9.62 Å². The Kier molecular flexibility index (Phi) is 5.81. The fourth-order valence-electron chi connectivity index (χ4n) is 3.34. The van der Waals surface area contributed by atoms with E-state index in [-0.39, 0.29) is 17.7 Å². The van der Waals surface area contributed by atoms with Crippen molar-refractivity contribution >= 4 is 33.4 Å². The van der Waals surface area contributed by atoms with Crippen molar-refractivity contribution in [1.29, 1.82) is 0 Å². The maximum atomic E-state index is 12.5. The highest BCUT2D eigenvalue weighted by Gasteiger charge is 2.27. The molecule has 0 radical (unpaired) electrons. The second-order valence-corrected chi connectivity index (χ2v) is 8.34. The molecule has 0 aliphatic carbocycles. The number of anilines is 2. The molecule has 3 rings (SSSR count). The van der Waals surface area contributed by atoms with Crippen LogP contribution in [0.2, 0.25) is 0 Å². The molecule has 1 aromatic rings. The molecule has 0 spiro atoms. The molecule has 2 amide bonds. The van der Waals surface area contributed by atoms with Crippen molar-refractivity contribution in [3.05, 3.63) is 36.9 Å². The Morgan fingerprint density at radius 2 is 1.81 bits per heavy atom. The van der Waals surface area contributed by atoms with Crippen LogP contribution in [0.15, 0.2) is 36.9 Å². The van der Waals surface area contributed by atoms with Gasteiger partial charge in [0, 0.05) is 37.8 Å². The number of nitrogens with zero attached hydrogens (tertiary/aromatic N) is 2. The molecule has 2 aliphatic rings. The van der Waals surface area contributed by atoms with Gasteiger partial charge in [0.1, 0.15) is 0 Å². The number of likely N-dealkylation sites (tertiary alicyclic amines) is 1. The fraction of sp³-hybridized carbons (Fsp3) is 0.444. The van der Waals surface area contributed by atoms with Gasteiger partial charge >= 0.3 is 10.2 Å². The van der Waals surface area contributed by atoms with Gasteiger partial charge in [-0.05, 0) is 49.6 Å². The number of carbonyl (C=O) groups is 2. The average molecular weight is 392 g/mol. The minimum absolute atomic E-state index is 0.0827. The number of nitrogens with one attached hydrogen (secondary N) is 2. The molecule has 0 saturated carbocycles. The summed E-state index contributed by atoms with van der Waals surface area (Å²) < 4.78 is 28.0. The highest BCUT2D eigenvalue weighted by atomic mass is 32.2. The van der Waals surface area contributed by atoms with Gasteiger partial charge < -0.3 is 10.2 Å². The third-order valence-electron chi connectivity index (χ3n) is 4.89. The molecule has 9 heteroatoms. The van der Waals surface area contributed by atoms with Gasteiger partial charge in [-0.15, -0.1) is 0 Å². The lowest BCUT2D eigenvalue weighted by Crippen LogP contribution is -2.47. The van der Waals surface area contributed by atoms with E-state index in [0.29, 0.717) is 50.4 Å². The number of hydrogen-bond donors (Lipinski definition) is 2. The number of benzene rings is 1. The Balaban J connectivity index is 1.58. The highest BCUT2D eigenvalue weighted by Crippen LogP contribution is 2.24. The molecule has 0 atom stereocenters. The quantitative estimate of drug-likeness (QED) is 0.750. The Hall–Kier alpha value is -2.39. The SMILES string of the molecule is C=CC(=O)N1CCC(C(=O)Nc2ccc(N3CCCNS3(=O)=O)cc2)CC1. The van der Waals surface area contributed by atoms with E-state index in [1.807, 2.05) is 0 Å². The van der Waals surface area contributed by atoms with Gasteiger partial charge in [0.25, 0.3) is 0 Å². The molecule has 2 N–H and O–H groups in total. The van der Waals surface area contributed by atoms with E-state index in [0.717, 1.165) is 6.42 Å². The van der Waals surface area contributed by atoms with Crippen molar-refractivity contribution in [3.8, 4) is 0 Å². The molecule has 2 heterocycles. The van der Waals surface area contributed by atoms with Crippen LogP contribution in [-0.2, 0) is 19.8 Å². The van der Waals surface area contributed by atoms with Crippen molar-refractivity contribution in [2.24, 2.45) is 5.92 Å². The second kappa shape index (κ2) is 8.10. The Morgan fingerprint density at radius 3 is 2.41 bits per heavy atom. The summed E-state index contributed by atoms with van der Waals surface area (Å²) in [4.78, 5) is 25.7. The lowest BCUT2D eigenvalue weighted by Gasteiger charge is -2.30. The van der Waals surface area contributed by atoms with Crippen LogP contribution in [0, 0.1) is 5.92 Å². The first kappa shape index (κ1) is 19.4. The molecule has 0 unspecified atom stereocenters. The number of carbonyl (C=O) groups excluding carboxylic acids is 2. The molecule has 27 heavy (non-hydrogen) atoms. The van der Waals surface area contributed by atoms with Crippen molar-refractivity contribution < 1.29 is 18.0 Å². The third-order valence-corrected chi connectivity index (χ3v) is 6.43. The van der Waals surface area contributed by atoms with Gasteiger partial charge in [-0.2, -0.15) is 13.1 Å². The second-order valence-electron chi connectivity index (χ2n) is 6.66. The molecule has 1 aromatic carbocycles. The van der Waals surface area contributed by atoms with E-state index in [9.17, 15) is 18.0 Å². The Bertz CT molecular complexity index is 814. The molecule has 146 valence electrons.